The van der Waals surface area contributed by atoms with Crippen molar-refractivity contribution in [2.24, 2.45) is 0 Å². The second-order valence-electron chi connectivity index (χ2n) is 2.87. The monoisotopic (exact) mass is 212 g/mol. The first kappa shape index (κ1) is 11.2. The second kappa shape index (κ2) is 5.15. The molecule has 1 aromatic rings. The molecule has 3 nitrogen and oxygen atoms in total. The molecule has 0 heterocycles. The van der Waals surface area contributed by atoms with Gasteiger partial charge in [-0.15, -0.1) is 0 Å². The molecule has 0 fully saturated rings. The van der Waals surface area contributed by atoms with E-state index in [2.05, 4.69) is 10.1 Å². The van der Waals surface area contributed by atoms with Crippen LogP contribution in [0.15, 0.2) is 24.3 Å². The van der Waals surface area contributed by atoms with Gasteiger partial charge in [-0.1, -0.05) is 12.1 Å². The number of para-hydroxylation sites is 2. The molecule has 0 aliphatic carbocycles. The number of hydrogen-bond acceptors (Lipinski definition) is 3. The summed E-state index contributed by atoms with van der Waals surface area (Å²) in [4.78, 5) is 0. The Morgan fingerprint density at radius 2 is 2.07 bits per heavy atom. The Hall–Kier alpha value is -1.83. The van der Waals surface area contributed by atoms with E-state index in [0.717, 1.165) is 0 Å². The van der Waals surface area contributed by atoms with Crippen LogP contribution >= 0.6 is 0 Å². The minimum Gasteiger partial charge on any atom is -0.433 e. The Labute approximate surface area is 86.3 Å². The van der Waals surface area contributed by atoms with Gasteiger partial charge >= 0.3 is 6.61 Å². The zero-order valence-corrected chi connectivity index (χ0v) is 8.08. The zero-order valence-electron chi connectivity index (χ0n) is 8.08. The maximum atomic E-state index is 12.0. The minimum absolute atomic E-state index is 0.0367. The Bertz CT molecular complexity index is 363. The number of ether oxygens (including phenoxy) is 1. The van der Waals surface area contributed by atoms with Crippen molar-refractivity contribution < 1.29 is 13.5 Å². The fourth-order valence-corrected chi connectivity index (χ4v) is 1.05. The summed E-state index contributed by atoms with van der Waals surface area (Å²) in [6.45, 7) is -1.25. The van der Waals surface area contributed by atoms with Crippen molar-refractivity contribution >= 4 is 5.69 Å². The topological polar surface area (TPSA) is 45.0 Å². The molecule has 80 valence electrons. The lowest BCUT2D eigenvalue weighted by molar-refractivity contribution is -0.0493. The summed E-state index contributed by atoms with van der Waals surface area (Å²) in [5.74, 6) is 0.0367. The van der Waals surface area contributed by atoms with Gasteiger partial charge in [-0.25, -0.2) is 0 Å². The summed E-state index contributed by atoms with van der Waals surface area (Å²) in [5.41, 5.74) is 0.381. The molecule has 0 saturated heterocycles. The van der Waals surface area contributed by atoms with Crippen molar-refractivity contribution in [2.75, 3.05) is 5.32 Å². The van der Waals surface area contributed by atoms with Gasteiger partial charge in [0.05, 0.1) is 11.8 Å². The van der Waals surface area contributed by atoms with Crippen molar-refractivity contribution in [1.29, 1.82) is 5.26 Å². The summed E-state index contributed by atoms with van der Waals surface area (Å²) >= 11 is 0. The van der Waals surface area contributed by atoms with E-state index >= 15 is 0 Å². The summed E-state index contributed by atoms with van der Waals surface area (Å²) in [6, 6.07) is 7.72. The maximum absolute atomic E-state index is 12.0. The molecule has 1 N–H and O–H groups in total. The Kier molecular flexibility index (Phi) is 3.86. The molecule has 0 aromatic heterocycles. The van der Waals surface area contributed by atoms with Crippen molar-refractivity contribution in [2.45, 2.75) is 19.6 Å². The number of anilines is 1. The minimum atomic E-state index is -2.87. The molecule has 1 aromatic carbocycles. The third kappa shape index (κ3) is 3.43. The molecule has 0 radical (unpaired) electrons. The molecule has 1 rings (SSSR count). The largest absolute Gasteiger partial charge is 0.433 e. The molecule has 0 bridgehead atoms. The van der Waals surface area contributed by atoms with Crippen molar-refractivity contribution in [3.8, 4) is 11.8 Å². The van der Waals surface area contributed by atoms with Crippen LogP contribution in [0.3, 0.4) is 0 Å². The van der Waals surface area contributed by atoms with Crippen LogP contribution in [0.2, 0.25) is 0 Å². The lowest BCUT2D eigenvalue weighted by Gasteiger charge is -2.13. The van der Waals surface area contributed by atoms with Crippen LogP contribution in [0.4, 0.5) is 14.5 Å². The first-order valence-corrected chi connectivity index (χ1v) is 4.33. The van der Waals surface area contributed by atoms with E-state index in [0.29, 0.717) is 5.69 Å². The molecular weight excluding hydrogens is 202 g/mol. The average molecular weight is 212 g/mol. The van der Waals surface area contributed by atoms with Crippen molar-refractivity contribution in [1.82, 2.24) is 0 Å². The highest BCUT2D eigenvalue weighted by Gasteiger charge is 2.10. The highest BCUT2D eigenvalue weighted by molar-refractivity contribution is 5.57. The maximum Gasteiger partial charge on any atom is 0.387 e. The Balaban J connectivity index is 2.82. The second-order valence-corrected chi connectivity index (χ2v) is 2.87. The van der Waals surface area contributed by atoms with Gasteiger partial charge in [0.1, 0.15) is 11.8 Å². The van der Waals surface area contributed by atoms with Crippen LogP contribution in [0, 0.1) is 11.3 Å². The van der Waals surface area contributed by atoms with Gasteiger partial charge in [-0.05, 0) is 19.1 Å². The SMILES string of the molecule is CC(C#N)Nc1ccccc1OC(F)F. The molecule has 0 spiro atoms. The fourth-order valence-electron chi connectivity index (χ4n) is 1.05. The van der Waals surface area contributed by atoms with E-state index < -0.39 is 12.7 Å². The van der Waals surface area contributed by atoms with Gasteiger partial charge in [-0.3, -0.25) is 0 Å². The first-order chi connectivity index (χ1) is 7.13. The van der Waals surface area contributed by atoms with Gasteiger partial charge in [0, 0.05) is 0 Å². The zero-order chi connectivity index (χ0) is 11.3. The first-order valence-electron chi connectivity index (χ1n) is 4.33. The van der Waals surface area contributed by atoms with Crippen LogP contribution < -0.4 is 10.1 Å². The van der Waals surface area contributed by atoms with E-state index in [1.54, 1.807) is 25.1 Å². The van der Waals surface area contributed by atoms with Gasteiger partial charge in [0.2, 0.25) is 0 Å². The van der Waals surface area contributed by atoms with E-state index in [-0.39, 0.29) is 5.75 Å². The molecule has 1 atom stereocenters. The van der Waals surface area contributed by atoms with Crippen LogP contribution in [0.5, 0.6) is 5.75 Å². The van der Waals surface area contributed by atoms with Gasteiger partial charge in [0.15, 0.2) is 0 Å². The number of benzene rings is 1. The lowest BCUT2D eigenvalue weighted by Crippen LogP contribution is -2.14. The third-order valence-corrected chi connectivity index (χ3v) is 1.67. The standard InChI is InChI=1S/C10H10F2N2O/c1-7(6-13)14-8-4-2-3-5-9(8)15-10(11)12/h2-5,7,10,14H,1H3. The Morgan fingerprint density at radius 1 is 1.40 bits per heavy atom. The van der Waals surface area contributed by atoms with Crippen LogP contribution in [-0.2, 0) is 0 Å². The quantitative estimate of drug-likeness (QED) is 0.834. The normalized spacial score (nSPS) is 11.9. The smallest absolute Gasteiger partial charge is 0.387 e. The number of halogens is 2. The van der Waals surface area contributed by atoms with E-state index in [1.165, 1.54) is 6.07 Å². The number of alkyl halides is 2. The van der Waals surface area contributed by atoms with Crippen LogP contribution in [0.1, 0.15) is 6.92 Å². The Morgan fingerprint density at radius 3 is 2.67 bits per heavy atom. The predicted octanol–water partition coefficient (Wildman–Crippen LogP) is 2.61. The van der Waals surface area contributed by atoms with E-state index in [1.807, 2.05) is 6.07 Å². The molecule has 1 unspecified atom stereocenters. The lowest BCUT2D eigenvalue weighted by atomic mass is 10.2. The molecular formula is C10H10F2N2O. The van der Waals surface area contributed by atoms with Crippen LogP contribution in [0.25, 0.3) is 0 Å². The average Bonchev–Trinajstić information content (AvgIpc) is 2.20. The fraction of sp³-hybridized carbons (Fsp3) is 0.300. The van der Waals surface area contributed by atoms with Crippen molar-refractivity contribution in [3.63, 3.8) is 0 Å². The number of nitriles is 1. The molecule has 0 aliphatic heterocycles. The number of hydrogen-bond donors (Lipinski definition) is 1. The summed E-state index contributed by atoms with van der Waals surface area (Å²) in [6.07, 6.45) is 0. The molecule has 0 aliphatic rings. The highest BCUT2D eigenvalue weighted by Crippen LogP contribution is 2.25. The van der Waals surface area contributed by atoms with Gasteiger partial charge in [0.25, 0.3) is 0 Å². The van der Waals surface area contributed by atoms with Gasteiger partial charge < -0.3 is 10.1 Å². The number of rotatable bonds is 4. The van der Waals surface area contributed by atoms with Crippen LogP contribution in [-0.4, -0.2) is 12.7 Å². The predicted molar refractivity (Wildman–Crippen MR) is 51.8 cm³/mol. The van der Waals surface area contributed by atoms with Gasteiger partial charge in [-0.2, -0.15) is 14.0 Å². The van der Waals surface area contributed by atoms with Crippen molar-refractivity contribution in [3.05, 3.63) is 24.3 Å². The highest BCUT2D eigenvalue weighted by atomic mass is 19.3. The number of nitrogens with zero attached hydrogens (tertiary/aromatic N) is 1. The third-order valence-electron chi connectivity index (χ3n) is 1.67. The molecule has 0 amide bonds. The van der Waals surface area contributed by atoms with E-state index in [4.69, 9.17) is 5.26 Å². The summed E-state index contributed by atoms with van der Waals surface area (Å²) in [5, 5.41) is 11.3. The summed E-state index contributed by atoms with van der Waals surface area (Å²) < 4.78 is 28.3. The molecule has 5 heteroatoms. The van der Waals surface area contributed by atoms with E-state index in [9.17, 15) is 8.78 Å². The number of nitrogens with one attached hydrogen (secondary N) is 1. The molecule has 15 heavy (non-hydrogen) atoms. The summed E-state index contributed by atoms with van der Waals surface area (Å²) in [7, 11) is 0. The molecule has 0 saturated carbocycles.